The Morgan fingerprint density at radius 1 is 1.38 bits per heavy atom. The van der Waals surface area contributed by atoms with Crippen molar-refractivity contribution in [1.29, 1.82) is 0 Å². The lowest BCUT2D eigenvalue weighted by atomic mass is 9.69. The monoisotopic (exact) mass is 457 g/mol. The minimum atomic E-state index is -0.974. The Labute approximate surface area is 193 Å². The van der Waals surface area contributed by atoms with Gasteiger partial charge in [0.2, 0.25) is 11.8 Å². The van der Waals surface area contributed by atoms with Crippen molar-refractivity contribution in [2.75, 3.05) is 6.54 Å². The zero-order valence-electron chi connectivity index (χ0n) is 18.9. The second kappa shape index (κ2) is 8.58. The number of allylic oxidation sites excluding steroid dienone is 6. The first-order chi connectivity index (χ1) is 15.0. The highest BCUT2D eigenvalue weighted by molar-refractivity contribution is 6.31. The minimum absolute atomic E-state index is 0.141. The number of halogens is 2. The molecule has 3 aliphatic rings. The van der Waals surface area contributed by atoms with Gasteiger partial charge in [0.1, 0.15) is 5.83 Å². The topological polar surface area (TPSA) is 75.4 Å². The summed E-state index contributed by atoms with van der Waals surface area (Å²) in [6.45, 7) is 15.4. The smallest absolute Gasteiger partial charge is 0.247 e. The molecule has 0 saturated heterocycles. The second-order valence-electron chi connectivity index (χ2n) is 8.56. The Balaban J connectivity index is 2.23. The van der Waals surface area contributed by atoms with Crippen LogP contribution in [0.5, 0.6) is 0 Å². The molecule has 0 bridgehead atoms. The Kier molecular flexibility index (Phi) is 6.38. The maximum absolute atomic E-state index is 15.7. The molecule has 32 heavy (non-hydrogen) atoms. The maximum atomic E-state index is 15.7. The second-order valence-corrected chi connectivity index (χ2v) is 8.96. The highest BCUT2D eigenvalue weighted by Crippen LogP contribution is 2.52. The van der Waals surface area contributed by atoms with Crippen molar-refractivity contribution < 1.29 is 14.0 Å². The van der Waals surface area contributed by atoms with Gasteiger partial charge in [-0.25, -0.2) is 4.39 Å². The normalized spacial score (nSPS) is 28.4. The Morgan fingerprint density at radius 3 is 2.59 bits per heavy atom. The highest BCUT2D eigenvalue weighted by Gasteiger charge is 2.52. The van der Waals surface area contributed by atoms with Crippen molar-refractivity contribution in [2.24, 2.45) is 11.7 Å². The third kappa shape index (κ3) is 3.56. The number of fused-ring (bicyclic) bond motifs is 1. The molecule has 0 spiro atoms. The Hall–Kier alpha value is -2.86. The van der Waals surface area contributed by atoms with Gasteiger partial charge in [0.15, 0.2) is 0 Å². The van der Waals surface area contributed by atoms with Crippen molar-refractivity contribution in [3.63, 3.8) is 0 Å². The lowest BCUT2D eigenvalue weighted by molar-refractivity contribution is -0.127. The molecule has 3 N–H and O–H groups in total. The molecule has 0 aromatic heterocycles. The zero-order valence-corrected chi connectivity index (χ0v) is 19.6. The molecule has 0 aromatic carbocycles. The van der Waals surface area contributed by atoms with Gasteiger partial charge in [-0.15, -0.1) is 0 Å². The predicted molar refractivity (Wildman–Crippen MR) is 126 cm³/mol. The number of nitrogens with one attached hydrogen (secondary N) is 1. The van der Waals surface area contributed by atoms with E-state index in [0.717, 1.165) is 11.1 Å². The fourth-order valence-corrected chi connectivity index (χ4v) is 5.45. The lowest BCUT2D eigenvalue weighted by Gasteiger charge is -2.41. The molecule has 1 aliphatic carbocycles. The standard InChI is InChI=1S/C25H29ClFN3O2/c1-7-9-17(16-10-11-30(20(31)8-2)15(5)13(16)3)21-19(27)12-18(24(28)32)25(6)22(21)23(26)14(4)29-25/h7-9,12,15,22,29H,1-2,10-11H2,3-6H3,(H2,28,32)/b17-9+/t15-,22?,25?/m1/s1. The lowest BCUT2D eigenvalue weighted by Crippen LogP contribution is -2.51. The molecule has 0 radical (unpaired) electrons. The maximum Gasteiger partial charge on any atom is 0.247 e. The summed E-state index contributed by atoms with van der Waals surface area (Å²) in [7, 11) is 0. The number of hydrogen-bond acceptors (Lipinski definition) is 3. The first-order valence-electron chi connectivity index (χ1n) is 10.5. The number of nitrogens with zero attached hydrogens (tertiary/aromatic N) is 1. The van der Waals surface area contributed by atoms with Crippen molar-refractivity contribution >= 4 is 23.4 Å². The molecule has 0 aromatic rings. The third-order valence-corrected chi connectivity index (χ3v) is 7.31. The summed E-state index contributed by atoms with van der Waals surface area (Å²) in [6.07, 6.45) is 6.43. The first-order valence-corrected chi connectivity index (χ1v) is 10.9. The van der Waals surface area contributed by atoms with Crippen LogP contribution in [0, 0.1) is 5.92 Å². The molecule has 2 aliphatic heterocycles. The molecule has 0 fully saturated rings. The predicted octanol–water partition coefficient (Wildman–Crippen LogP) is 4.32. The number of primary amides is 1. The molecule has 7 heteroatoms. The van der Waals surface area contributed by atoms with Gasteiger partial charge in [-0.3, -0.25) is 9.59 Å². The summed E-state index contributed by atoms with van der Waals surface area (Å²) >= 11 is 6.69. The van der Waals surface area contributed by atoms with E-state index >= 15 is 4.39 Å². The van der Waals surface area contributed by atoms with Gasteiger partial charge in [-0.05, 0) is 63.0 Å². The molecular weight excluding hydrogens is 429 g/mol. The SMILES string of the molecule is C=C/C=C(\C1=C(C)[C@@H](C)N(C(=O)C=C)CC1)C1=C(F)C=C(C(N)=O)C2(C)NC(C)=C(Cl)C12. The number of nitrogens with two attached hydrogens (primary N) is 1. The van der Waals surface area contributed by atoms with Crippen LogP contribution in [0.3, 0.4) is 0 Å². The number of carbonyl (C=O) groups is 2. The number of carbonyl (C=O) groups excluding carboxylic acids is 2. The molecule has 170 valence electrons. The van der Waals surface area contributed by atoms with E-state index < -0.39 is 23.2 Å². The summed E-state index contributed by atoms with van der Waals surface area (Å²) in [5, 5.41) is 3.69. The van der Waals surface area contributed by atoms with Crippen LogP contribution in [-0.4, -0.2) is 34.8 Å². The van der Waals surface area contributed by atoms with E-state index in [4.69, 9.17) is 17.3 Å². The summed E-state index contributed by atoms with van der Waals surface area (Å²) in [5.41, 5.74) is 8.37. The van der Waals surface area contributed by atoms with Crippen molar-refractivity contribution in [3.8, 4) is 0 Å². The summed E-state index contributed by atoms with van der Waals surface area (Å²) in [4.78, 5) is 26.2. The van der Waals surface area contributed by atoms with E-state index in [1.165, 1.54) is 12.2 Å². The first kappa shape index (κ1) is 23.8. The fourth-order valence-electron chi connectivity index (χ4n) is 5.08. The van der Waals surface area contributed by atoms with Crippen LogP contribution in [0.15, 0.2) is 81.9 Å². The summed E-state index contributed by atoms with van der Waals surface area (Å²) in [5.74, 6) is -2.03. The van der Waals surface area contributed by atoms with Crippen molar-refractivity contribution in [1.82, 2.24) is 10.2 Å². The average molecular weight is 458 g/mol. The molecule has 5 nitrogen and oxygen atoms in total. The van der Waals surface area contributed by atoms with Gasteiger partial charge < -0.3 is 16.0 Å². The van der Waals surface area contributed by atoms with Crippen molar-refractivity contribution in [3.05, 3.63) is 81.9 Å². The van der Waals surface area contributed by atoms with E-state index in [0.29, 0.717) is 34.8 Å². The van der Waals surface area contributed by atoms with Crippen molar-refractivity contribution in [2.45, 2.75) is 45.7 Å². The Morgan fingerprint density at radius 2 is 2.03 bits per heavy atom. The van der Waals surface area contributed by atoms with E-state index in [1.807, 2.05) is 13.8 Å². The average Bonchev–Trinajstić information content (AvgIpc) is 2.97. The quantitative estimate of drug-likeness (QED) is 0.477. The molecule has 2 amide bonds. The minimum Gasteiger partial charge on any atom is -0.377 e. The molecule has 3 atom stereocenters. The van der Waals surface area contributed by atoms with Crippen LogP contribution in [-0.2, 0) is 9.59 Å². The van der Waals surface area contributed by atoms with Crippen LogP contribution in [0.2, 0.25) is 0 Å². The van der Waals surface area contributed by atoms with Crippen LogP contribution in [0.4, 0.5) is 4.39 Å². The molecule has 2 unspecified atom stereocenters. The van der Waals surface area contributed by atoms with E-state index in [-0.39, 0.29) is 17.5 Å². The van der Waals surface area contributed by atoms with Gasteiger partial charge in [0.25, 0.3) is 0 Å². The van der Waals surface area contributed by atoms with Crippen LogP contribution in [0.1, 0.15) is 34.1 Å². The summed E-state index contributed by atoms with van der Waals surface area (Å²) < 4.78 is 15.7. The zero-order chi connectivity index (χ0) is 24.0. The summed E-state index contributed by atoms with van der Waals surface area (Å²) in [6, 6.07) is -0.178. The van der Waals surface area contributed by atoms with Gasteiger partial charge >= 0.3 is 0 Å². The molecule has 0 saturated carbocycles. The Bertz CT molecular complexity index is 1080. The number of amides is 2. The molecule has 3 rings (SSSR count). The number of hydrogen-bond donors (Lipinski definition) is 2. The number of rotatable bonds is 5. The van der Waals surface area contributed by atoms with Gasteiger partial charge in [0, 0.05) is 28.4 Å². The van der Waals surface area contributed by atoms with E-state index in [1.54, 1.807) is 30.9 Å². The molecular formula is C25H29ClFN3O2. The van der Waals surface area contributed by atoms with E-state index in [9.17, 15) is 9.59 Å². The van der Waals surface area contributed by atoms with Crippen LogP contribution >= 0.6 is 11.6 Å². The van der Waals surface area contributed by atoms with Gasteiger partial charge in [0.05, 0.1) is 17.5 Å². The highest BCUT2D eigenvalue weighted by atomic mass is 35.5. The largest absolute Gasteiger partial charge is 0.377 e. The van der Waals surface area contributed by atoms with Gasteiger partial charge in [-0.1, -0.05) is 36.9 Å². The van der Waals surface area contributed by atoms with E-state index in [2.05, 4.69) is 18.5 Å². The third-order valence-electron chi connectivity index (χ3n) is 6.81. The van der Waals surface area contributed by atoms with Crippen LogP contribution < -0.4 is 11.1 Å². The van der Waals surface area contributed by atoms with Crippen LogP contribution in [0.25, 0.3) is 0 Å². The van der Waals surface area contributed by atoms with Gasteiger partial charge in [-0.2, -0.15) is 0 Å². The molecule has 2 heterocycles. The fraction of sp³-hybridized carbons (Fsp3) is 0.360.